The Balaban J connectivity index is 2.01. The lowest BCUT2D eigenvalue weighted by Crippen LogP contribution is -2.48. The molecule has 1 amide bonds. The largest absolute Gasteiger partial charge is 0.392 e. The molecule has 1 aromatic carbocycles. The quantitative estimate of drug-likeness (QED) is 0.727. The highest BCUT2D eigenvalue weighted by Gasteiger charge is 2.28. The van der Waals surface area contributed by atoms with E-state index in [0.29, 0.717) is 11.6 Å². The molecule has 1 saturated heterocycles. The van der Waals surface area contributed by atoms with Crippen molar-refractivity contribution in [2.24, 2.45) is 11.8 Å². The summed E-state index contributed by atoms with van der Waals surface area (Å²) in [5.74, 6) is 0.455. The van der Waals surface area contributed by atoms with Gasteiger partial charge in [0.2, 0.25) is 5.91 Å². The molecule has 1 aliphatic heterocycles. The molecule has 2 rings (SSSR count). The molecule has 0 saturated carbocycles. The summed E-state index contributed by atoms with van der Waals surface area (Å²) in [7, 11) is 0. The third kappa shape index (κ3) is 2.65. The van der Waals surface area contributed by atoms with E-state index in [2.05, 4.69) is 10.6 Å². The molecule has 0 aliphatic carbocycles. The van der Waals surface area contributed by atoms with Crippen LogP contribution in [0, 0.1) is 11.8 Å². The number of benzene rings is 1. The van der Waals surface area contributed by atoms with E-state index in [-0.39, 0.29) is 18.4 Å². The van der Waals surface area contributed by atoms with Crippen LogP contribution < -0.4 is 10.6 Å². The number of rotatable bonds is 4. The third-order valence-electron chi connectivity index (χ3n) is 3.38. The molecule has 0 spiro atoms. The minimum Gasteiger partial charge on any atom is -0.392 e. The average molecular weight is 234 g/mol. The Bertz CT molecular complexity index is 402. The fraction of sp³-hybridized carbons (Fsp3) is 0.462. The topological polar surface area (TPSA) is 61.4 Å². The lowest BCUT2D eigenvalue weighted by Gasteiger charge is -2.31. The summed E-state index contributed by atoms with van der Waals surface area (Å²) in [6, 6.07) is 7.32. The van der Waals surface area contributed by atoms with E-state index in [9.17, 15) is 9.90 Å². The van der Waals surface area contributed by atoms with E-state index in [4.69, 9.17) is 0 Å². The van der Waals surface area contributed by atoms with Gasteiger partial charge in [0, 0.05) is 17.2 Å². The van der Waals surface area contributed by atoms with Crippen LogP contribution in [0.1, 0.15) is 12.5 Å². The molecule has 1 aromatic rings. The van der Waals surface area contributed by atoms with Crippen molar-refractivity contribution in [1.29, 1.82) is 0 Å². The first-order valence-corrected chi connectivity index (χ1v) is 5.92. The van der Waals surface area contributed by atoms with Crippen LogP contribution in [0.3, 0.4) is 0 Å². The van der Waals surface area contributed by atoms with Crippen LogP contribution >= 0.6 is 0 Å². The molecule has 4 heteroatoms. The minimum atomic E-state index is -0.0597. The normalized spacial score (nSPS) is 17.3. The molecule has 1 atom stereocenters. The summed E-state index contributed by atoms with van der Waals surface area (Å²) in [4.78, 5) is 12.0. The minimum absolute atomic E-state index is 0.00278. The Morgan fingerprint density at radius 3 is 2.82 bits per heavy atom. The van der Waals surface area contributed by atoms with Crippen molar-refractivity contribution in [2.45, 2.75) is 13.5 Å². The van der Waals surface area contributed by atoms with E-state index in [1.54, 1.807) is 0 Å². The van der Waals surface area contributed by atoms with Crippen molar-refractivity contribution in [3.05, 3.63) is 29.8 Å². The molecule has 0 bridgehead atoms. The number of nitrogens with one attached hydrogen (secondary N) is 2. The number of carbonyl (C=O) groups excluding carboxylic acids is 1. The maximum absolute atomic E-state index is 12.0. The van der Waals surface area contributed by atoms with Crippen molar-refractivity contribution < 1.29 is 9.90 Å². The second-order valence-corrected chi connectivity index (χ2v) is 4.51. The summed E-state index contributed by atoms with van der Waals surface area (Å²) in [6.45, 7) is 3.71. The average Bonchev–Trinajstić information content (AvgIpc) is 2.27. The Hall–Kier alpha value is -1.39. The van der Waals surface area contributed by atoms with Crippen molar-refractivity contribution in [3.63, 3.8) is 0 Å². The lowest BCUT2D eigenvalue weighted by molar-refractivity contribution is -0.121. The van der Waals surface area contributed by atoms with Gasteiger partial charge in [-0.1, -0.05) is 25.1 Å². The van der Waals surface area contributed by atoms with Crippen LogP contribution in [0.25, 0.3) is 0 Å². The molecule has 17 heavy (non-hydrogen) atoms. The molecular formula is C13H18N2O2. The van der Waals surface area contributed by atoms with Crippen molar-refractivity contribution >= 4 is 11.6 Å². The Morgan fingerprint density at radius 2 is 2.24 bits per heavy atom. The SMILES string of the molecule is CC(C(=O)Nc1ccccc1CO)C1CNC1. The number of hydrogen-bond donors (Lipinski definition) is 3. The van der Waals surface area contributed by atoms with E-state index in [1.807, 2.05) is 31.2 Å². The highest BCUT2D eigenvalue weighted by molar-refractivity contribution is 5.93. The second kappa shape index (κ2) is 5.29. The van der Waals surface area contributed by atoms with Crippen molar-refractivity contribution in [1.82, 2.24) is 5.32 Å². The first kappa shape index (κ1) is 12.1. The summed E-state index contributed by atoms with van der Waals surface area (Å²) in [6.07, 6.45) is 0. The number of hydrogen-bond acceptors (Lipinski definition) is 3. The lowest BCUT2D eigenvalue weighted by atomic mass is 9.88. The van der Waals surface area contributed by atoms with Gasteiger partial charge in [-0.3, -0.25) is 4.79 Å². The number of amides is 1. The maximum Gasteiger partial charge on any atom is 0.227 e. The van der Waals surface area contributed by atoms with Crippen LogP contribution in [0.2, 0.25) is 0 Å². The predicted molar refractivity (Wildman–Crippen MR) is 66.5 cm³/mol. The Morgan fingerprint density at radius 1 is 1.53 bits per heavy atom. The molecule has 92 valence electrons. The highest BCUT2D eigenvalue weighted by atomic mass is 16.3. The number of para-hydroxylation sites is 1. The fourth-order valence-electron chi connectivity index (χ4n) is 1.91. The molecule has 1 fully saturated rings. The molecule has 4 nitrogen and oxygen atoms in total. The third-order valence-corrected chi connectivity index (χ3v) is 3.38. The first-order chi connectivity index (χ1) is 8.22. The van der Waals surface area contributed by atoms with Gasteiger partial charge in [-0.25, -0.2) is 0 Å². The summed E-state index contributed by atoms with van der Waals surface area (Å²) < 4.78 is 0. The van der Waals surface area contributed by atoms with Gasteiger partial charge in [0.25, 0.3) is 0 Å². The van der Waals surface area contributed by atoms with Crippen LogP contribution in [0.5, 0.6) is 0 Å². The number of anilines is 1. The van der Waals surface area contributed by atoms with Gasteiger partial charge >= 0.3 is 0 Å². The summed E-state index contributed by atoms with van der Waals surface area (Å²) >= 11 is 0. The molecular weight excluding hydrogens is 216 g/mol. The van der Waals surface area contributed by atoms with E-state index in [1.165, 1.54) is 0 Å². The van der Waals surface area contributed by atoms with Gasteiger partial charge in [0.15, 0.2) is 0 Å². The molecule has 1 heterocycles. The number of aliphatic hydroxyl groups is 1. The molecule has 1 aliphatic rings. The van der Waals surface area contributed by atoms with Crippen LogP contribution in [0.15, 0.2) is 24.3 Å². The van der Waals surface area contributed by atoms with E-state index in [0.717, 1.165) is 18.7 Å². The first-order valence-electron chi connectivity index (χ1n) is 5.92. The Kier molecular flexibility index (Phi) is 3.76. The molecule has 1 unspecified atom stereocenters. The van der Waals surface area contributed by atoms with Gasteiger partial charge in [-0.05, 0) is 25.1 Å². The van der Waals surface area contributed by atoms with E-state index >= 15 is 0 Å². The molecule has 3 N–H and O–H groups in total. The zero-order valence-corrected chi connectivity index (χ0v) is 9.94. The zero-order valence-electron chi connectivity index (χ0n) is 9.94. The van der Waals surface area contributed by atoms with Crippen LogP contribution in [0.4, 0.5) is 5.69 Å². The van der Waals surface area contributed by atoms with Crippen LogP contribution in [-0.2, 0) is 11.4 Å². The standard InChI is InChI=1S/C13H18N2O2/c1-9(11-6-14-7-11)13(17)15-12-5-3-2-4-10(12)8-16/h2-5,9,11,14,16H,6-8H2,1H3,(H,15,17). The maximum atomic E-state index is 12.0. The molecule has 0 aromatic heterocycles. The molecule has 0 radical (unpaired) electrons. The second-order valence-electron chi connectivity index (χ2n) is 4.51. The fourth-order valence-corrected chi connectivity index (χ4v) is 1.91. The number of aliphatic hydroxyl groups excluding tert-OH is 1. The summed E-state index contributed by atoms with van der Waals surface area (Å²) in [5.41, 5.74) is 1.46. The summed E-state index contributed by atoms with van der Waals surface area (Å²) in [5, 5.41) is 15.2. The van der Waals surface area contributed by atoms with Crippen molar-refractivity contribution in [3.8, 4) is 0 Å². The van der Waals surface area contributed by atoms with Gasteiger partial charge < -0.3 is 15.7 Å². The Labute approximate surface area is 101 Å². The number of carbonyl (C=O) groups is 1. The highest BCUT2D eigenvalue weighted by Crippen LogP contribution is 2.20. The van der Waals surface area contributed by atoms with E-state index < -0.39 is 0 Å². The van der Waals surface area contributed by atoms with Crippen LogP contribution in [-0.4, -0.2) is 24.1 Å². The zero-order chi connectivity index (χ0) is 12.3. The predicted octanol–water partition coefficient (Wildman–Crippen LogP) is 0.973. The van der Waals surface area contributed by atoms with Gasteiger partial charge in [-0.2, -0.15) is 0 Å². The van der Waals surface area contributed by atoms with Gasteiger partial charge in [0.05, 0.1) is 6.61 Å². The monoisotopic (exact) mass is 234 g/mol. The van der Waals surface area contributed by atoms with Gasteiger partial charge in [-0.15, -0.1) is 0 Å². The smallest absolute Gasteiger partial charge is 0.227 e. The van der Waals surface area contributed by atoms with Crippen molar-refractivity contribution in [2.75, 3.05) is 18.4 Å². The van der Waals surface area contributed by atoms with Gasteiger partial charge in [0.1, 0.15) is 0 Å².